The molecule has 0 aliphatic heterocycles. The lowest BCUT2D eigenvalue weighted by molar-refractivity contribution is 0.334. The van der Waals surface area contributed by atoms with Crippen molar-refractivity contribution in [2.75, 3.05) is 0 Å². The van der Waals surface area contributed by atoms with Crippen LogP contribution in [0.3, 0.4) is 0 Å². The van der Waals surface area contributed by atoms with Gasteiger partial charge in [-0.15, -0.1) is 0 Å². The highest BCUT2D eigenvalue weighted by Gasteiger charge is 2.19. The van der Waals surface area contributed by atoms with E-state index in [1.165, 1.54) is 10.9 Å². The van der Waals surface area contributed by atoms with Crippen LogP contribution in [0, 0.1) is 12.0 Å². The van der Waals surface area contributed by atoms with Gasteiger partial charge in [-0.05, 0) is 26.3 Å². The van der Waals surface area contributed by atoms with Gasteiger partial charge in [0.1, 0.15) is 6.11 Å². The first-order valence-electron chi connectivity index (χ1n) is 6.86. The van der Waals surface area contributed by atoms with Crippen LogP contribution in [0.2, 0.25) is 5.02 Å². The summed E-state index contributed by atoms with van der Waals surface area (Å²) in [5, 5.41) is 4.06. The average molecular weight is 317 g/mol. The fourth-order valence-corrected chi connectivity index (χ4v) is 1.96. The van der Waals surface area contributed by atoms with Crippen molar-refractivity contribution >= 4 is 11.6 Å². The molecule has 2 aromatic rings. The van der Waals surface area contributed by atoms with Gasteiger partial charge in [-0.25, -0.2) is 4.68 Å². The zero-order chi connectivity index (χ0) is 16.2. The van der Waals surface area contributed by atoms with E-state index in [4.69, 9.17) is 16.3 Å². The number of hydrogen-bond donors (Lipinski definition) is 0. The smallest absolute Gasteiger partial charge is 0.289 e. The predicted octanol–water partition coefficient (Wildman–Crippen LogP) is 3.23. The lowest BCUT2D eigenvalue weighted by Crippen LogP contribution is -2.36. The molecule has 0 atom stereocenters. The molecule has 0 radical (unpaired) electrons. The summed E-state index contributed by atoms with van der Waals surface area (Å²) in [4.78, 5) is 12.1. The average Bonchev–Trinajstić information content (AvgIpc) is 2.47. The minimum atomic E-state index is -0.446. The second-order valence-electron chi connectivity index (χ2n) is 5.75. The van der Waals surface area contributed by atoms with E-state index in [9.17, 15) is 4.79 Å². The standard InChI is InChI=1S/C17H17ClN2O2/c1-17(2,3)20-16(21)15(18)14(12-19-20)22-11-7-10-13-8-5-4-6-9-13/h4-6,8-9,12H,10H2,1-3H3. The summed E-state index contributed by atoms with van der Waals surface area (Å²) in [6.07, 6.45) is 4.52. The quantitative estimate of drug-likeness (QED) is 0.799. The molecule has 1 aromatic heterocycles. The van der Waals surface area contributed by atoms with Crippen molar-refractivity contribution in [1.29, 1.82) is 0 Å². The number of hydrogen-bond acceptors (Lipinski definition) is 3. The topological polar surface area (TPSA) is 44.1 Å². The number of halogens is 1. The Labute approximate surface area is 134 Å². The molecule has 0 saturated carbocycles. The minimum Gasteiger partial charge on any atom is -0.404 e. The van der Waals surface area contributed by atoms with Crippen LogP contribution in [0.1, 0.15) is 26.3 Å². The second kappa shape index (κ2) is 6.67. The Bertz CT molecular complexity index is 765. The van der Waals surface area contributed by atoms with Crippen LogP contribution in [-0.2, 0) is 12.0 Å². The SMILES string of the molecule is CC(C)(C)n1ncc(OC#CCc2ccccc2)c(Cl)c1=O. The van der Waals surface area contributed by atoms with Gasteiger partial charge in [0.2, 0.25) is 0 Å². The number of nitrogens with zero attached hydrogens (tertiary/aromatic N) is 2. The van der Waals surface area contributed by atoms with Crippen LogP contribution in [-0.4, -0.2) is 9.78 Å². The van der Waals surface area contributed by atoms with Crippen LogP contribution >= 0.6 is 11.6 Å². The summed E-state index contributed by atoms with van der Waals surface area (Å²) in [5.74, 6) is 3.05. The summed E-state index contributed by atoms with van der Waals surface area (Å²) in [6.45, 7) is 5.62. The molecule has 0 spiro atoms. The van der Waals surface area contributed by atoms with Gasteiger partial charge in [-0.2, -0.15) is 5.10 Å². The second-order valence-corrected chi connectivity index (χ2v) is 6.13. The summed E-state index contributed by atoms with van der Waals surface area (Å²) < 4.78 is 6.56. The Morgan fingerprint density at radius 1 is 1.27 bits per heavy atom. The molecule has 0 fully saturated rings. The zero-order valence-corrected chi connectivity index (χ0v) is 13.5. The van der Waals surface area contributed by atoms with E-state index in [1.807, 2.05) is 51.1 Å². The molecule has 0 N–H and O–H groups in total. The van der Waals surface area contributed by atoms with Gasteiger partial charge < -0.3 is 4.74 Å². The van der Waals surface area contributed by atoms with Crippen molar-refractivity contribution in [3.8, 4) is 17.8 Å². The van der Waals surface area contributed by atoms with Crippen molar-refractivity contribution < 1.29 is 4.74 Å². The van der Waals surface area contributed by atoms with Gasteiger partial charge in [0.05, 0.1) is 11.7 Å². The van der Waals surface area contributed by atoms with E-state index in [1.54, 1.807) is 0 Å². The molecule has 114 valence electrons. The van der Waals surface area contributed by atoms with E-state index in [0.29, 0.717) is 6.42 Å². The third-order valence-electron chi connectivity index (χ3n) is 2.89. The van der Waals surface area contributed by atoms with Crippen LogP contribution in [0.5, 0.6) is 5.75 Å². The van der Waals surface area contributed by atoms with Gasteiger partial charge in [0, 0.05) is 6.42 Å². The first-order valence-corrected chi connectivity index (χ1v) is 7.24. The van der Waals surface area contributed by atoms with Gasteiger partial charge >= 0.3 is 0 Å². The molecule has 5 heteroatoms. The van der Waals surface area contributed by atoms with Crippen LogP contribution < -0.4 is 10.3 Å². The maximum absolute atomic E-state index is 12.1. The highest BCUT2D eigenvalue weighted by Crippen LogP contribution is 2.20. The fourth-order valence-electron chi connectivity index (χ4n) is 1.79. The van der Waals surface area contributed by atoms with Crippen molar-refractivity contribution in [2.24, 2.45) is 0 Å². The van der Waals surface area contributed by atoms with E-state index in [-0.39, 0.29) is 10.8 Å². The van der Waals surface area contributed by atoms with E-state index in [0.717, 1.165) is 5.56 Å². The summed E-state index contributed by atoms with van der Waals surface area (Å²) >= 11 is 6.03. The molecule has 0 aliphatic rings. The molecule has 0 bridgehead atoms. The van der Waals surface area contributed by atoms with E-state index in [2.05, 4.69) is 17.1 Å². The Morgan fingerprint density at radius 2 is 1.95 bits per heavy atom. The van der Waals surface area contributed by atoms with Gasteiger partial charge in [0.15, 0.2) is 10.8 Å². The number of benzene rings is 1. The molecule has 1 heterocycles. The van der Waals surface area contributed by atoms with Gasteiger partial charge in [-0.3, -0.25) is 4.79 Å². The number of aromatic nitrogens is 2. The Kier molecular flexibility index (Phi) is 4.89. The van der Waals surface area contributed by atoms with Crippen molar-refractivity contribution in [1.82, 2.24) is 9.78 Å². The first kappa shape index (κ1) is 16.1. The molecular formula is C17H17ClN2O2. The normalized spacial score (nSPS) is 10.7. The molecule has 22 heavy (non-hydrogen) atoms. The van der Waals surface area contributed by atoms with Crippen molar-refractivity contribution in [3.63, 3.8) is 0 Å². The van der Waals surface area contributed by atoms with Gasteiger partial charge in [-0.1, -0.05) is 47.9 Å². The maximum Gasteiger partial charge on any atom is 0.289 e. The van der Waals surface area contributed by atoms with Crippen LogP contribution in [0.15, 0.2) is 41.3 Å². The van der Waals surface area contributed by atoms with Crippen LogP contribution in [0.4, 0.5) is 0 Å². The third-order valence-corrected chi connectivity index (χ3v) is 3.24. The van der Waals surface area contributed by atoms with Crippen molar-refractivity contribution in [2.45, 2.75) is 32.7 Å². The largest absolute Gasteiger partial charge is 0.404 e. The molecule has 1 aromatic carbocycles. The summed E-state index contributed by atoms with van der Waals surface area (Å²) in [5.41, 5.74) is 0.251. The lowest BCUT2D eigenvalue weighted by atomic mass is 10.1. The molecule has 0 amide bonds. The lowest BCUT2D eigenvalue weighted by Gasteiger charge is -2.20. The molecule has 4 nitrogen and oxygen atoms in total. The van der Waals surface area contributed by atoms with E-state index < -0.39 is 11.1 Å². The summed E-state index contributed by atoms with van der Waals surface area (Å²) in [6, 6.07) is 9.81. The Balaban J connectivity index is 2.12. The highest BCUT2D eigenvalue weighted by molar-refractivity contribution is 6.31. The van der Waals surface area contributed by atoms with Crippen molar-refractivity contribution in [3.05, 3.63) is 57.5 Å². The molecule has 0 unspecified atom stereocenters. The molecular weight excluding hydrogens is 300 g/mol. The highest BCUT2D eigenvalue weighted by atomic mass is 35.5. The predicted molar refractivity (Wildman–Crippen MR) is 87.1 cm³/mol. The van der Waals surface area contributed by atoms with Gasteiger partial charge in [0.25, 0.3) is 5.56 Å². The third kappa shape index (κ3) is 3.90. The number of rotatable bonds is 2. The monoisotopic (exact) mass is 316 g/mol. The Morgan fingerprint density at radius 3 is 2.59 bits per heavy atom. The van der Waals surface area contributed by atoms with Crippen LogP contribution in [0.25, 0.3) is 0 Å². The zero-order valence-electron chi connectivity index (χ0n) is 12.8. The summed E-state index contributed by atoms with van der Waals surface area (Å²) in [7, 11) is 0. The molecule has 2 rings (SSSR count). The maximum atomic E-state index is 12.1. The molecule has 0 saturated heterocycles. The molecule has 0 aliphatic carbocycles. The fraction of sp³-hybridized carbons (Fsp3) is 0.294. The van der Waals surface area contributed by atoms with E-state index >= 15 is 0 Å². The number of ether oxygens (including phenoxy) is 1. The first-order chi connectivity index (χ1) is 10.4. The minimum absolute atomic E-state index is 0.0149. The Hall–Kier alpha value is -2.25.